The highest BCUT2D eigenvalue weighted by molar-refractivity contribution is 7.99. The summed E-state index contributed by atoms with van der Waals surface area (Å²) >= 11 is 2.09. The largest absolute Gasteiger partial charge is 0.314 e. The number of thioether (sulfide) groups is 1. The molecule has 2 fully saturated rings. The van der Waals surface area contributed by atoms with Crippen LogP contribution in [-0.4, -0.2) is 47.1 Å². The van der Waals surface area contributed by atoms with E-state index in [1.54, 1.807) is 0 Å². The molecule has 2 heterocycles. The molecule has 2 bridgehead atoms. The van der Waals surface area contributed by atoms with E-state index in [1.165, 1.54) is 43.6 Å². The van der Waals surface area contributed by atoms with Crippen LogP contribution in [0.25, 0.3) is 0 Å². The van der Waals surface area contributed by atoms with Crippen LogP contribution in [0.15, 0.2) is 0 Å². The van der Waals surface area contributed by atoms with E-state index in [0.717, 1.165) is 30.7 Å². The summed E-state index contributed by atoms with van der Waals surface area (Å²) in [6.45, 7) is 8.09. The highest BCUT2D eigenvalue weighted by atomic mass is 32.2. The standard InChI is InChI=1S/C15H30N2S/c1-4-16-13-10-14-6-7-15(11-13)17(14)12(3)8-9-18-5-2/h12-16H,4-11H2,1-3H3. The molecule has 3 unspecified atom stereocenters. The van der Waals surface area contributed by atoms with Gasteiger partial charge in [-0.15, -0.1) is 0 Å². The fraction of sp³-hybridized carbons (Fsp3) is 1.00. The van der Waals surface area contributed by atoms with Crippen molar-refractivity contribution in [3.63, 3.8) is 0 Å². The zero-order chi connectivity index (χ0) is 13.0. The second-order valence-electron chi connectivity index (χ2n) is 5.89. The Kier molecular flexibility index (Phi) is 5.84. The molecule has 2 nitrogen and oxygen atoms in total. The van der Waals surface area contributed by atoms with Gasteiger partial charge in [0, 0.05) is 24.2 Å². The van der Waals surface area contributed by atoms with E-state index in [1.807, 2.05) is 0 Å². The maximum atomic E-state index is 3.67. The van der Waals surface area contributed by atoms with Crippen molar-refractivity contribution in [1.29, 1.82) is 0 Å². The molecule has 1 N–H and O–H groups in total. The summed E-state index contributed by atoms with van der Waals surface area (Å²) in [5, 5.41) is 3.67. The maximum Gasteiger partial charge on any atom is 0.0116 e. The van der Waals surface area contributed by atoms with Gasteiger partial charge in [-0.1, -0.05) is 13.8 Å². The summed E-state index contributed by atoms with van der Waals surface area (Å²) in [7, 11) is 0. The highest BCUT2D eigenvalue weighted by Crippen LogP contribution is 2.37. The quantitative estimate of drug-likeness (QED) is 0.716. The third-order valence-corrected chi connectivity index (χ3v) is 5.61. The molecular formula is C15H30N2S. The van der Waals surface area contributed by atoms with Gasteiger partial charge in [-0.2, -0.15) is 11.8 Å². The van der Waals surface area contributed by atoms with E-state index in [0.29, 0.717) is 0 Å². The number of nitrogens with zero attached hydrogens (tertiary/aromatic N) is 1. The topological polar surface area (TPSA) is 15.3 Å². The number of fused-ring (bicyclic) bond motifs is 2. The normalized spacial score (nSPS) is 33.8. The van der Waals surface area contributed by atoms with Crippen LogP contribution in [0.3, 0.4) is 0 Å². The first-order chi connectivity index (χ1) is 8.76. The van der Waals surface area contributed by atoms with Crippen molar-refractivity contribution < 1.29 is 0 Å². The van der Waals surface area contributed by atoms with Crippen LogP contribution in [0.4, 0.5) is 0 Å². The molecule has 2 rings (SSSR count). The second kappa shape index (κ2) is 7.16. The zero-order valence-electron chi connectivity index (χ0n) is 12.3. The first-order valence-corrected chi connectivity index (χ1v) is 9.00. The predicted octanol–water partition coefficient (Wildman–Crippen LogP) is 3.12. The molecule has 0 saturated carbocycles. The third-order valence-electron chi connectivity index (χ3n) is 4.68. The average Bonchev–Trinajstić information content (AvgIpc) is 2.62. The molecule has 3 atom stereocenters. The molecule has 0 aromatic rings. The summed E-state index contributed by atoms with van der Waals surface area (Å²) in [4.78, 5) is 2.87. The molecule has 2 saturated heterocycles. The Morgan fingerprint density at radius 2 is 1.89 bits per heavy atom. The number of piperidine rings is 1. The number of nitrogens with one attached hydrogen (secondary N) is 1. The smallest absolute Gasteiger partial charge is 0.0116 e. The zero-order valence-corrected chi connectivity index (χ0v) is 13.1. The van der Waals surface area contributed by atoms with E-state index < -0.39 is 0 Å². The van der Waals surface area contributed by atoms with Gasteiger partial charge in [0.25, 0.3) is 0 Å². The van der Waals surface area contributed by atoms with Crippen molar-refractivity contribution in [3.8, 4) is 0 Å². The molecule has 0 radical (unpaired) electrons. The summed E-state index contributed by atoms with van der Waals surface area (Å²) < 4.78 is 0. The van der Waals surface area contributed by atoms with Crippen molar-refractivity contribution >= 4 is 11.8 Å². The minimum absolute atomic E-state index is 0.793. The van der Waals surface area contributed by atoms with Gasteiger partial charge in [-0.05, 0) is 57.1 Å². The molecule has 0 aromatic carbocycles. The van der Waals surface area contributed by atoms with Crippen molar-refractivity contribution in [2.24, 2.45) is 0 Å². The van der Waals surface area contributed by atoms with Crippen LogP contribution in [0, 0.1) is 0 Å². The van der Waals surface area contributed by atoms with Gasteiger partial charge in [-0.3, -0.25) is 4.90 Å². The van der Waals surface area contributed by atoms with Crippen molar-refractivity contribution in [2.75, 3.05) is 18.1 Å². The molecule has 2 aliphatic rings. The van der Waals surface area contributed by atoms with Gasteiger partial charge < -0.3 is 5.32 Å². The molecule has 0 aromatic heterocycles. The molecule has 2 aliphatic heterocycles. The summed E-state index contributed by atoms with van der Waals surface area (Å²) in [5.74, 6) is 2.60. The minimum Gasteiger partial charge on any atom is -0.314 e. The fourth-order valence-electron chi connectivity index (χ4n) is 3.94. The Balaban J connectivity index is 1.83. The van der Waals surface area contributed by atoms with Crippen molar-refractivity contribution in [2.45, 2.75) is 77.0 Å². The average molecular weight is 270 g/mol. The van der Waals surface area contributed by atoms with Crippen LogP contribution in [-0.2, 0) is 0 Å². The minimum atomic E-state index is 0.793. The number of hydrogen-bond acceptors (Lipinski definition) is 3. The van der Waals surface area contributed by atoms with E-state index >= 15 is 0 Å². The van der Waals surface area contributed by atoms with E-state index in [-0.39, 0.29) is 0 Å². The number of hydrogen-bond donors (Lipinski definition) is 1. The summed E-state index contributed by atoms with van der Waals surface area (Å²) in [6, 6.07) is 3.33. The lowest BCUT2D eigenvalue weighted by atomic mass is 9.95. The van der Waals surface area contributed by atoms with Crippen LogP contribution in [0.2, 0.25) is 0 Å². The summed E-state index contributed by atoms with van der Waals surface area (Å²) in [6.07, 6.45) is 7.03. The maximum absolute atomic E-state index is 3.67. The lowest BCUT2D eigenvalue weighted by Gasteiger charge is -2.42. The number of rotatable bonds is 7. The van der Waals surface area contributed by atoms with Gasteiger partial charge in [0.2, 0.25) is 0 Å². The molecule has 3 heteroatoms. The van der Waals surface area contributed by atoms with Gasteiger partial charge in [0.15, 0.2) is 0 Å². The Labute approximate surface area is 117 Å². The van der Waals surface area contributed by atoms with Crippen LogP contribution >= 0.6 is 11.8 Å². The molecule has 0 amide bonds. The SMILES string of the molecule is CCNC1CC2CCC(C1)N2C(C)CCSCC. The fourth-order valence-corrected chi connectivity index (χ4v) is 4.73. The molecular weight excluding hydrogens is 240 g/mol. The monoisotopic (exact) mass is 270 g/mol. The van der Waals surface area contributed by atoms with Crippen LogP contribution < -0.4 is 5.32 Å². The van der Waals surface area contributed by atoms with Crippen molar-refractivity contribution in [1.82, 2.24) is 10.2 Å². The first kappa shape index (κ1) is 14.7. The lowest BCUT2D eigenvalue weighted by molar-refractivity contribution is 0.0765. The Morgan fingerprint density at radius 1 is 1.22 bits per heavy atom. The van der Waals surface area contributed by atoms with E-state index in [4.69, 9.17) is 0 Å². The summed E-state index contributed by atoms with van der Waals surface area (Å²) in [5.41, 5.74) is 0. The molecule has 0 spiro atoms. The molecule has 18 heavy (non-hydrogen) atoms. The van der Waals surface area contributed by atoms with Gasteiger partial charge >= 0.3 is 0 Å². The van der Waals surface area contributed by atoms with E-state index in [2.05, 4.69) is 42.7 Å². The van der Waals surface area contributed by atoms with Gasteiger partial charge in [0.05, 0.1) is 0 Å². The van der Waals surface area contributed by atoms with Crippen LogP contribution in [0.1, 0.15) is 52.9 Å². The lowest BCUT2D eigenvalue weighted by Crippen LogP contribution is -2.52. The molecule has 0 aliphatic carbocycles. The van der Waals surface area contributed by atoms with Gasteiger partial charge in [-0.25, -0.2) is 0 Å². The van der Waals surface area contributed by atoms with E-state index in [9.17, 15) is 0 Å². The van der Waals surface area contributed by atoms with Crippen molar-refractivity contribution in [3.05, 3.63) is 0 Å². The Hall–Kier alpha value is 0.270. The first-order valence-electron chi connectivity index (χ1n) is 7.84. The van der Waals surface area contributed by atoms with Crippen LogP contribution in [0.5, 0.6) is 0 Å². The Bertz CT molecular complexity index is 233. The Morgan fingerprint density at radius 3 is 2.44 bits per heavy atom. The second-order valence-corrected chi connectivity index (χ2v) is 7.29. The van der Waals surface area contributed by atoms with Gasteiger partial charge in [0.1, 0.15) is 0 Å². The third kappa shape index (κ3) is 3.43. The predicted molar refractivity (Wildman–Crippen MR) is 82.4 cm³/mol. The highest BCUT2D eigenvalue weighted by Gasteiger charge is 2.42. The molecule has 106 valence electrons.